The number of hydrogen-bond acceptors (Lipinski definition) is 3. The number of rotatable bonds is 5. The Kier molecular flexibility index (Phi) is 4.24. The van der Waals surface area contributed by atoms with Gasteiger partial charge in [-0.25, -0.2) is 4.98 Å². The molecule has 1 N–H and O–H groups in total. The third-order valence-electron chi connectivity index (χ3n) is 3.80. The highest BCUT2D eigenvalue weighted by atomic mass is 32.1. The minimum atomic E-state index is 0.0524. The SMILES string of the molecule is CC[C@@H](NC(=O)Cc1cn(C)c2ncccc12)c1cccs1. The first-order chi connectivity index (χ1) is 10.7. The summed E-state index contributed by atoms with van der Waals surface area (Å²) in [5.41, 5.74) is 1.93. The second kappa shape index (κ2) is 6.32. The summed E-state index contributed by atoms with van der Waals surface area (Å²) in [6.07, 6.45) is 5.04. The number of amides is 1. The maximum atomic E-state index is 12.4. The number of hydrogen-bond donors (Lipinski definition) is 1. The van der Waals surface area contributed by atoms with Crippen LogP contribution in [0.1, 0.15) is 29.8 Å². The van der Waals surface area contributed by atoms with Crippen LogP contribution in [0.3, 0.4) is 0 Å². The Morgan fingerprint density at radius 3 is 3.00 bits per heavy atom. The molecule has 3 rings (SSSR count). The highest BCUT2D eigenvalue weighted by Gasteiger charge is 2.16. The molecule has 22 heavy (non-hydrogen) atoms. The van der Waals surface area contributed by atoms with Crippen molar-refractivity contribution in [1.29, 1.82) is 0 Å². The number of nitrogens with one attached hydrogen (secondary N) is 1. The van der Waals surface area contributed by atoms with Crippen LogP contribution in [0.25, 0.3) is 11.0 Å². The molecule has 3 aromatic rings. The van der Waals surface area contributed by atoms with Gasteiger partial charge in [0.1, 0.15) is 5.65 Å². The van der Waals surface area contributed by atoms with E-state index in [0.29, 0.717) is 6.42 Å². The average Bonchev–Trinajstić information content (AvgIpc) is 3.15. The molecule has 3 heterocycles. The molecule has 3 aromatic heterocycles. The van der Waals surface area contributed by atoms with Crippen molar-refractivity contribution in [2.24, 2.45) is 7.05 Å². The van der Waals surface area contributed by atoms with Crippen LogP contribution in [0.4, 0.5) is 0 Å². The molecule has 0 aromatic carbocycles. The largest absolute Gasteiger partial charge is 0.348 e. The number of carbonyl (C=O) groups is 1. The summed E-state index contributed by atoms with van der Waals surface area (Å²) in [4.78, 5) is 18.0. The highest BCUT2D eigenvalue weighted by molar-refractivity contribution is 7.10. The number of carbonyl (C=O) groups excluding carboxylic acids is 1. The monoisotopic (exact) mass is 313 g/mol. The fourth-order valence-corrected chi connectivity index (χ4v) is 3.58. The predicted octanol–water partition coefficient (Wildman–Crippen LogP) is 3.44. The van der Waals surface area contributed by atoms with E-state index in [1.807, 2.05) is 41.4 Å². The molecule has 0 aliphatic carbocycles. The number of nitrogens with zero attached hydrogens (tertiary/aromatic N) is 2. The molecule has 0 spiro atoms. The topological polar surface area (TPSA) is 46.9 Å². The van der Waals surface area contributed by atoms with E-state index in [-0.39, 0.29) is 11.9 Å². The minimum absolute atomic E-state index is 0.0524. The van der Waals surface area contributed by atoms with Crippen molar-refractivity contribution < 1.29 is 4.79 Å². The maximum Gasteiger partial charge on any atom is 0.225 e. The van der Waals surface area contributed by atoms with Crippen molar-refractivity contribution in [1.82, 2.24) is 14.9 Å². The third kappa shape index (κ3) is 2.90. The molecule has 5 heteroatoms. The zero-order chi connectivity index (χ0) is 15.5. The molecule has 4 nitrogen and oxygen atoms in total. The summed E-state index contributed by atoms with van der Waals surface area (Å²) >= 11 is 1.68. The first-order valence-corrected chi connectivity index (χ1v) is 8.28. The van der Waals surface area contributed by atoms with Gasteiger partial charge >= 0.3 is 0 Å². The number of aryl methyl sites for hydroxylation is 1. The highest BCUT2D eigenvalue weighted by Crippen LogP contribution is 2.23. The van der Waals surface area contributed by atoms with Crippen molar-refractivity contribution in [2.45, 2.75) is 25.8 Å². The molecule has 114 valence electrons. The van der Waals surface area contributed by atoms with Gasteiger partial charge in [0.05, 0.1) is 12.5 Å². The van der Waals surface area contributed by atoms with Gasteiger partial charge in [-0.15, -0.1) is 11.3 Å². The first kappa shape index (κ1) is 14.8. The van der Waals surface area contributed by atoms with Crippen LogP contribution >= 0.6 is 11.3 Å². The molecule has 1 amide bonds. The molecule has 0 unspecified atom stereocenters. The Labute approximate surface area is 133 Å². The van der Waals surface area contributed by atoms with Gasteiger partial charge in [-0.2, -0.15) is 0 Å². The zero-order valence-corrected chi connectivity index (χ0v) is 13.6. The first-order valence-electron chi connectivity index (χ1n) is 7.40. The van der Waals surface area contributed by atoms with E-state index in [9.17, 15) is 4.79 Å². The van der Waals surface area contributed by atoms with Crippen LogP contribution in [0.5, 0.6) is 0 Å². The van der Waals surface area contributed by atoms with Crippen LogP contribution in [-0.4, -0.2) is 15.5 Å². The standard InChI is InChI=1S/C17H19N3OS/c1-3-14(15-7-5-9-22-15)19-16(21)10-12-11-20(2)17-13(12)6-4-8-18-17/h4-9,11,14H,3,10H2,1-2H3,(H,19,21)/t14-/m1/s1. The summed E-state index contributed by atoms with van der Waals surface area (Å²) in [5.74, 6) is 0.0524. The summed E-state index contributed by atoms with van der Waals surface area (Å²) in [6.45, 7) is 2.09. The summed E-state index contributed by atoms with van der Waals surface area (Å²) < 4.78 is 1.97. The quantitative estimate of drug-likeness (QED) is 0.784. The minimum Gasteiger partial charge on any atom is -0.348 e. The molecule has 1 atom stereocenters. The zero-order valence-electron chi connectivity index (χ0n) is 12.7. The Hall–Kier alpha value is -2.14. The van der Waals surface area contributed by atoms with E-state index in [2.05, 4.69) is 23.3 Å². The fourth-order valence-electron chi connectivity index (χ4n) is 2.72. The predicted molar refractivity (Wildman–Crippen MR) is 89.9 cm³/mol. The molecule has 0 fully saturated rings. The van der Waals surface area contributed by atoms with Gasteiger partial charge in [0.25, 0.3) is 0 Å². The van der Waals surface area contributed by atoms with Crippen LogP contribution < -0.4 is 5.32 Å². The normalized spacial score (nSPS) is 12.5. The third-order valence-corrected chi connectivity index (χ3v) is 4.78. The fraction of sp³-hybridized carbons (Fsp3) is 0.294. The Morgan fingerprint density at radius 2 is 2.27 bits per heavy atom. The van der Waals surface area contributed by atoms with E-state index in [1.165, 1.54) is 4.88 Å². The molecule has 0 bridgehead atoms. The van der Waals surface area contributed by atoms with Gasteiger partial charge in [0, 0.05) is 29.7 Å². The molecule has 0 saturated heterocycles. The average molecular weight is 313 g/mol. The molecule has 0 aliphatic heterocycles. The number of thiophene rings is 1. The molecule has 0 saturated carbocycles. The Bertz CT molecular complexity index is 776. The van der Waals surface area contributed by atoms with E-state index in [4.69, 9.17) is 0 Å². The van der Waals surface area contributed by atoms with Gasteiger partial charge in [0.2, 0.25) is 5.91 Å². The van der Waals surface area contributed by atoms with Crippen molar-refractivity contribution in [3.63, 3.8) is 0 Å². The number of pyridine rings is 1. The van der Waals surface area contributed by atoms with E-state index in [0.717, 1.165) is 23.0 Å². The summed E-state index contributed by atoms with van der Waals surface area (Å²) in [5, 5.41) is 6.22. The van der Waals surface area contributed by atoms with Crippen molar-refractivity contribution in [3.8, 4) is 0 Å². The van der Waals surface area contributed by atoms with Crippen LogP contribution in [0.15, 0.2) is 42.0 Å². The van der Waals surface area contributed by atoms with Gasteiger partial charge in [-0.3, -0.25) is 4.79 Å². The Morgan fingerprint density at radius 1 is 1.41 bits per heavy atom. The molecular formula is C17H19N3OS. The second-order valence-corrected chi connectivity index (χ2v) is 6.34. The molecule has 0 radical (unpaired) electrons. The van der Waals surface area contributed by atoms with E-state index < -0.39 is 0 Å². The second-order valence-electron chi connectivity index (χ2n) is 5.36. The molecule has 0 aliphatic rings. The lowest BCUT2D eigenvalue weighted by Gasteiger charge is -2.15. The van der Waals surface area contributed by atoms with Crippen molar-refractivity contribution in [3.05, 3.63) is 52.5 Å². The van der Waals surface area contributed by atoms with Crippen LogP contribution in [0.2, 0.25) is 0 Å². The van der Waals surface area contributed by atoms with Crippen LogP contribution in [-0.2, 0) is 18.3 Å². The smallest absolute Gasteiger partial charge is 0.225 e. The van der Waals surface area contributed by atoms with Crippen molar-refractivity contribution >= 4 is 28.3 Å². The lowest BCUT2D eigenvalue weighted by Crippen LogP contribution is -2.28. The lowest BCUT2D eigenvalue weighted by atomic mass is 10.1. The van der Waals surface area contributed by atoms with Crippen LogP contribution in [0, 0.1) is 0 Å². The molecular weight excluding hydrogens is 294 g/mol. The van der Waals surface area contributed by atoms with Crippen molar-refractivity contribution in [2.75, 3.05) is 0 Å². The summed E-state index contributed by atoms with van der Waals surface area (Å²) in [7, 11) is 1.96. The van der Waals surface area contributed by atoms with E-state index >= 15 is 0 Å². The number of fused-ring (bicyclic) bond motifs is 1. The van der Waals surface area contributed by atoms with Gasteiger partial charge in [-0.05, 0) is 35.6 Å². The van der Waals surface area contributed by atoms with Gasteiger partial charge < -0.3 is 9.88 Å². The lowest BCUT2D eigenvalue weighted by molar-refractivity contribution is -0.121. The number of aromatic nitrogens is 2. The Balaban J connectivity index is 1.76. The van der Waals surface area contributed by atoms with Gasteiger partial charge in [-0.1, -0.05) is 13.0 Å². The van der Waals surface area contributed by atoms with E-state index in [1.54, 1.807) is 17.5 Å². The van der Waals surface area contributed by atoms with Gasteiger partial charge in [0.15, 0.2) is 0 Å². The summed E-state index contributed by atoms with van der Waals surface area (Å²) in [6, 6.07) is 8.11. The maximum absolute atomic E-state index is 12.4.